The molecule has 8 heteroatoms. The first-order chi connectivity index (χ1) is 16.3. The number of methoxy groups -OCH3 is 1. The summed E-state index contributed by atoms with van der Waals surface area (Å²) in [5, 5.41) is 11.2. The Morgan fingerprint density at radius 1 is 1.09 bits per heavy atom. The van der Waals surface area contributed by atoms with Crippen molar-refractivity contribution in [1.82, 2.24) is 9.80 Å². The molecule has 1 aliphatic rings. The van der Waals surface area contributed by atoms with Gasteiger partial charge in [0.15, 0.2) is 0 Å². The number of aliphatic hydroxyl groups excluding tert-OH is 1. The van der Waals surface area contributed by atoms with Crippen molar-refractivity contribution in [1.29, 1.82) is 0 Å². The van der Waals surface area contributed by atoms with Crippen LogP contribution in [0.25, 0.3) is 5.76 Å². The maximum absolute atomic E-state index is 13.1. The van der Waals surface area contributed by atoms with Gasteiger partial charge in [0.1, 0.15) is 11.5 Å². The van der Waals surface area contributed by atoms with Crippen LogP contribution in [0.2, 0.25) is 0 Å². The van der Waals surface area contributed by atoms with Gasteiger partial charge in [-0.3, -0.25) is 9.59 Å². The van der Waals surface area contributed by atoms with E-state index in [-0.39, 0.29) is 17.9 Å². The van der Waals surface area contributed by atoms with Crippen LogP contribution in [0, 0.1) is 0 Å². The van der Waals surface area contributed by atoms with Crippen LogP contribution in [0.4, 0.5) is 0 Å². The standard InChI is InChI=1S/C26H30N2O6/c1-5-15-34-20-8-6-7-19(16-20)23(29)21-22(17-9-11-18(12-10-17)26(32)33-4)28(14-13-27(2)3)25(31)24(21)30/h6-12,16,22,29H,5,13-15H2,1-4H3/b23-21+. The fourth-order valence-corrected chi connectivity index (χ4v) is 3.79. The Hall–Kier alpha value is -3.65. The third kappa shape index (κ3) is 5.28. The summed E-state index contributed by atoms with van der Waals surface area (Å²) in [5.74, 6) is -1.62. The maximum Gasteiger partial charge on any atom is 0.337 e. The monoisotopic (exact) mass is 466 g/mol. The van der Waals surface area contributed by atoms with Crippen LogP contribution < -0.4 is 4.74 Å². The molecule has 1 aliphatic heterocycles. The number of carbonyl (C=O) groups excluding carboxylic acids is 3. The summed E-state index contributed by atoms with van der Waals surface area (Å²) in [6, 6.07) is 12.5. The second-order valence-electron chi connectivity index (χ2n) is 8.29. The highest BCUT2D eigenvalue weighted by molar-refractivity contribution is 6.46. The van der Waals surface area contributed by atoms with Crippen LogP contribution >= 0.6 is 0 Å². The maximum atomic E-state index is 13.1. The number of nitrogens with zero attached hydrogens (tertiary/aromatic N) is 2. The number of likely N-dealkylation sites (tertiary alicyclic amines) is 1. The molecule has 2 aromatic rings. The van der Waals surface area contributed by atoms with Crippen molar-refractivity contribution in [2.45, 2.75) is 19.4 Å². The third-order valence-corrected chi connectivity index (χ3v) is 5.56. The molecule has 0 aliphatic carbocycles. The van der Waals surface area contributed by atoms with Gasteiger partial charge in [-0.15, -0.1) is 0 Å². The molecule has 1 unspecified atom stereocenters. The quantitative estimate of drug-likeness (QED) is 0.262. The number of amides is 1. The zero-order chi connectivity index (χ0) is 24.8. The summed E-state index contributed by atoms with van der Waals surface area (Å²) in [5.41, 5.74) is 1.33. The molecule has 34 heavy (non-hydrogen) atoms. The molecule has 3 rings (SSSR count). The molecule has 2 aromatic carbocycles. The molecular formula is C26H30N2O6. The van der Waals surface area contributed by atoms with Gasteiger partial charge in [-0.2, -0.15) is 0 Å². The minimum Gasteiger partial charge on any atom is -0.507 e. The number of Topliss-reactive ketones (excluding diaryl/α,β-unsaturated/α-hetero) is 1. The Morgan fingerprint density at radius 3 is 2.41 bits per heavy atom. The molecule has 1 atom stereocenters. The van der Waals surface area contributed by atoms with Crippen molar-refractivity contribution in [2.75, 3.05) is 40.9 Å². The van der Waals surface area contributed by atoms with E-state index in [4.69, 9.17) is 9.47 Å². The molecule has 0 bridgehead atoms. The molecule has 0 spiro atoms. The topological polar surface area (TPSA) is 96.4 Å². The Kier molecular flexibility index (Phi) is 8.07. The first-order valence-electron chi connectivity index (χ1n) is 11.1. The van der Waals surface area contributed by atoms with Gasteiger partial charge in [-0.05, 0) is 50.3 Å². The van der Waals surface area contributed by atoms with Gasteiger partial charge in [0, 0.05) is 18.7 Å². The number of ether oxygens (including phenoxy) is 2. The molecule has 180 valence electrons. The third-order valence-electron chi connectivity index (χ3n) is 5.56. The van der Waals surface area contributed by atoms with Gasteiger partial charge in [-0.1, -0.05) is 31.2 Å². The Bertz CT molecular complexity index is 1090. The van der Waals surface area contributed by atoms with Crippen molar-refractivity contribution < 1.29 is 29.0 Å². The first kappa shape index (κ1) is 25.0. The van der Waals surface area contributed by atoms with Crippen LogP contribution in [0.15, 0.2) is 54.1 Å². The SMILES string of the molecule is CCCOc1cccc(/C(O)=C2\C(=O)C(=O)N(CCN(C)C)C2c2ccc(C(=O)OC)cc2)c1. The number of carbonyl (C=O) groups is 3. The first-order valence-corrected chi connectivity index (χ1v) is 11.1. The number of benzene rings is 2. The summed E-state index contributed by atoms with van der Waals surface area (Å²) in [6.07, 6.45) is 0.828. The molecule has 1 fully saturated rings. The van der Waals surface area contributed by atoms with Crippen LogP contribution in [-0.4, -0.2) is 73.5 Å². The molecule has 0 aromatic heterocycles. The number of hydrogen-bond donors (Lipinski definition) is 1. The average Bonchev–Trinajstić information content (AvgIpc) is 3.10. The molecule has 1 saturated heterocycles. The predicted octanol–water partition coefficient (Wildman–Crippen LogP) is 3.25. The number of esters is 1. The minimum absolute atomic E-state index is 0.00205. The van der Waals surface area contributed by atoms with Crippen LogP contribution in [0.5, 0.6) is 5.75 Å². The fourth-order valence-electron chi connectivity index (χ4n) is 3.79. The van der Waals surface area contributed by atoms with E-state index < -0.39 is 23.7 Å². The zero-order valence-electron chi connectivity index (χ0n) is 19.9. The van der Waals surface area contributed by atoms with E-state index in [0.717, 1.165) is 6.42 Å². The molecule has 1 amide bonds. The Labute approximate surface area is 199 Å². The summed E-state index contributed by atoms with van der Waals surface area (Å²) < 4.78 is 10.4. The van der Waals surface area contributed by atoms with Gasteiger partial charge >= 0.3 is 5.97 Å². The average molecular weight is 467 g/mol. The van der Waals surface area contributed by atoms with Crippen molar-refractivity contribution in [3.05, 3.63) is 70.8 Å². The smallest absolute Gasteiger partial charge is 0.337 e. The predicted molar refractivity (Wildman–Crippen MR) is 128 cm³/mol. The molecule has 1 N–H and O–H groups in total. The number of hydrogen-bond acceptors (Lipinski definition) is 7. The van der Waals surface area contributed by atoms with Gasteiger partial charge in [0.25, 0.3) is 11.7 Å². The van der Waals surface area contributed by atoms with Crippen molar-refractivity contribution >= 4 is 23.4 Å². The van der Waals surface area contributed by atoms with Crippen LogP contribution in [-0.2, 0) is 14.3 Å². The lowest BCUT2D eigenvalue weighted by Gasteiger charge is -2.26. The van der Waals surface area contributed by atoms with Gasteiger partial charge in [-0.25, -0.2) is 4.79 Å². The highest BCUT2D eigenvalue weighted by Gasteiger charge is 2.45. The van der Waals surface area contributed by atoms with E-state index in [0.29, 0.717) is 35.6 Å². The van der Waals surface area contributed by atoms with Crippen molar-refractivity contribution in [3.8, 4) is 5.75 Å². The van der Waals surface area contributed by atoms with E-state index in [1.165, 1.54) is 12.0 Å². The van der Waals surface area contributed by atoms with Gasteiger partial charge in [0.05, 0.1) is 30.9 Å². The van der Waals surface area contributed by atoms with Crippen LogP contribution in [0.3, 0.4) is 0 Å². The summed E-state index contributed by atoms with van der Waals surface area (Å²) >= 11 is 0. The zero-order valence-corrected chi connectivity index (χ0v) is 19.9. The largest absolute Gasteiger partial charge is 0.507 e. The lowest BCUT2D eigenvalue weighted by Crippen LogP contribution is -2.35. The normalized spacial score (nSPS) is 17.3. The molecule has 0 radical (unpaired) electrons. The summed E-state index contributed by atoms with van der Waals surface area (Å²) in [7, 11) is 5.04. The molecular weight excluding hydrogens is 436 g/mol. The highest BCUT2D eigenvalue weighted by atomic mass is 16.5. The Balaban J connectivity index is 2.10. The minimum atomic E-state index is -0.799. The van der Waals surface area contributed by atoms with E-state index >= 15 is 0 Å². The second-order valence-corrected chi connectivity index (χ2v) is 8.29. The molecule has 1 heterocycles. The van der Waals surface area contributed by atoms with Crippen molar-refractivity contribution in [2.24, 2.45) is 0 Å². The Morgan fingerprint density at radius 2 is 1.79 bits per heavy atom. The number of ketones is 1. The fraction of sp³-hybridized carbons (Fsp3) is 0.346. The van der Waals surface area contributed by atoms with E-state index in [1.54, 1.807) is 48.5 Å². The summed E-state index contributed by atoms with van der Waals surface area (Å²) in [6.45, 7) is 3.33. The van der Waals surface area contributed by atoms with Gasteiger partial charge < -0.3 is 24.4 Å². The highest BCUT2D eigenvalue weighted by Crippen LogP contribution is 2.39. The lowest BCUT2D eigenvalue weighted by molar-refractivity contribution is -0.140. The van der Waals surface area contributed by atoms with E-state index in [2.05, 4.69) is 0 Å². The van der Waals surface area contributed by atoms with Crippen molar-refractivity contribution in [3.63, 3.8) is 0 Å². The molecule has 0 saturated carbocycles. The second kappa shape index (κ2) is 11.0. The number of rotatable bonds is 9. The van der Waals surface area contributed by atoms with Crippen LogP contribution in [0.1, 0.15) is 40.9 Å². The number of aliphatic hydroxyl groups is 1. The van der Waals surface area contributed by atoms with E-state index in [9.17, 15) is 19.5 Å². The molecule has 8 nitrogen and oxygen atoms in total. The number of likely N-dealkylation sites (N-methyl/N-ethyl adjacent to an activating group) is 1. The lowest BCUT2D eigenvalue weighted by atomic mass is 9.94. The van der Waals surface area contributed by atoms with Gasteiger partial charge in [0.2, 0.25) is 0 Å². The summed E-state index contributed by atoms with van der Waals surface area (Å²) in [4.78, 5) is 41.3. The van der Waals surface area contributed by atoms with E-state index in [1.807, 2.05) is 25.9 Å².